The highest BCUT2D eigenvalue weighted by Gasteiger charge is 2.48. The second-order valence-electron chi connectivity index (χ2n) is 8.36. The molecule has 5 nitrogen and oxygen atoms in total. The molecular weight excluding hydrogens is 312 g/mol. The van der Waals surface area contributed by atoms with Crippen LogP contribution in [0.15, 0.2) is 23.4 Å². The Labute approximate surface area is 151 Å². The van der Waals surface area contributed by atoms with Gasteiger partial charge in [0.05, 0.1) is 0 Å². The molecule has 5 heteroatoms. The van der Waals surface area contributed by atoms with E-state index in [2.05, 4.69) is 27.3 Å². The van der Waals surface area contributed by atoms with Gasteiger partial charge in [-0.1, -0.05) is 12.2 Å². The molecule has 1 N–H and O–H groups in total. The van der Waals surface area contributed by atoms with Crippen molar-refractivity contribution in [2.24, 2.45) is 5.41 Å². The Morgan fingerprint density at radius 3 is 2.64 bits per heavy atom. The van der Waals surface area contributed by atoms with E-state index in [9.17, 15) is 4.79 Å². The minimum atomic E-state index is 0.153. The SMILES string of the molecule is CN(C)C(=O)N1CC2(CCN(C3CCNCC3)CC2)C2=C1CCC=C2. The number of hydrogen-bond acceptors (Lipinski definition) is 3. The normalized spacial score (nSPS) is 27.0. The quantitative estimate of drug-likeness (QED) is 0.794. The topological polar surface area (TPSA) is 38.8 Å². The zero-order valence-electron chi connectivity index (χ0n) is 15.8. The minimum absolute atomic E-state index is 0.153. The lowest BCUT2D eigenvalue weighted by Crippen LogP contribution is -2.50. The summed E-state index contributed by atoms with van der Waals surface area (Å²) < 4.78 is 0. The largest absolute Gasteiger partial charge is 0.330 e. The average molecular weight is 345 g/mol. The minimum Gasteiger partial charge on any atom is -0.330 e. The Kier molecular flexibility index (Phi) is 4.63. The summed E-state index contributed by atoms with van der Waals surface area (Å²) in [5.74, 6) is 0. The van der Waals surface area contributed by atoms with E-state index in [0.29, 0.717) is 0 Å². The first kappa shape index (κ1) is 17.1. The van der Waals surface area contributed by atoms with Gasteiger partial charge in [0, 0.05) is 37.8 Å². The first-order valence-electron chi connectivity index (χ1n) is 9.94. The molecule has 0 atom stereocenters. The number of carbonyl (C=O) groups excluding carboxylic acids is 1. The fraction of sp³-hybridized carbons (Fsp3) is 0.750. The number of likely N-dealkylation sites (tertiary alicyclic amines) is 1. The van der Waals surface area contributed by atoms with Gasteiger partial charge >= 0.3 is 6.03 Å². The number of amides is 2. The fourth-order valence-electron chi connectivity index (χ4n) is 5.24. The van der Waals surface area contributed by atoms with Crippen LogP contribution in [0, 0.1) is 5.41 Å². The van der Waals surface area contributed by atoms with Crippen LogP contribution in [0.2, 0.25) is 0 Å². The molecule has 3 heterocycles. The number of nitrogens with one attached hydrogen (secondary N) is 1. The van der Waals surface area contributed by atoms with Crippen LogP contribution in [0.3, 0.4) is 0 Å². The van der Waals surface area contributed by atoms with Gasteiger partial charge in [-0.15, -0.1) is 0 Å². The van der Waals surface area contributed by atoms with Crippen molar-refractivity contribution in [3.8, 4) is 0 Å². The monoisotopic (exact) mass is 344 g/mol. The third-order valence-electron chi connectivity index (χ3n) is 6.69. The molecule has 4 rings (SSSR count). The van der Waals surface area contributed by atoms with Gasteiger partial charge in [-0.3, -0.25) is 4.90 Å². The Hall–Kier alpha value is -1.33. The van der Waals surface area contributed by atoms with Gasteiger partial charge in [-0.2, -0.15) is 0 Å². The summed E-state index contributed by atoms with van der Waals surface area (Å²) in [4.78, 5) is 19.2. The molecule has 0 aromatic carbocycles. The first-order valence-corrected chi connectivity index (χ1v) is 9.94. The van der Waals surface area contributed by atoms with Gasteiger partial charge in [-0.05, 0) is 70.3 Å². The van der Waals surface area contributed by atoms with Crippen molar-refractivity contribution in [1.82, 2.24) is 20.0 Å². The standard InChI is InChI=1S/C20H32N4O/c1-22(2)19(25)24-15-20(17-5-3-4-6-18(17)24)9-13-23(14-10-20)16-7-11-21-12-8-16/h3,5,16,21H,4,6-15H2,1-2H3. The molecule has 1 spiro atoms. The number of nitrogens with zero attached hydrogens (tertiary/aromatic N) is 3. The lowest BCUT2D eigenvalue weighted by atomic mass is 9.72. The van der Waals surface area contributed by atoms with Crippen LogP contribution in [0.1, 0.15) is 38.5 Å². The van der Waals surface area contributed by atoms with Crippen molar-refractivity contribution in [3.05, 3.63) is 23.4 Å². The van der Waals surface area contributed by atoms with Gasteiger partial charge in [0.25, 0.3) is 0 Å². The van der Waals surface area contributed by atoms with E-state index < -0.39 is 0 Å². The summed E-state index contributed by atoms with van der Waals surface area (Å²) in [6, 6.07) is 0.912. The highest BCUT2D eigenvalue weighted by molar-refractivity contribution is 5.77. The zero-order valence-corrected chi connectivity index (χ0v) is 15.8. The van der Waals surface area contributed by atoms with Crippen LogP contribution in [0.4, 0.5) is 4.79 Å². The number of allylic oxidation sites excluding steroid dienone is 3. The maximum atomic E-state index is 12.7. The molecule has 0 radical (unpaired) electrons. The molecule has 2 amide bonds. The van der Waals surface area contributed by atoms with E-state index >= 15 is 0 Å². The van der Waals surface area contributed by atoms with Crippen molar-refractivity contribution in [2.45, 2.75) is 44.6 Å². The van der Waals surface area contributed by atoms with E-state index in [4.69, 9.17) is 0 Å². The molecule has 138 valence electrons. The molecule has 2 fully saturated rings. The van der Waals surface area contributed by atoms with Crippen LogP contribution < -0.4 is 5.32 Å². The summed E-state index contributed by atoms with van der Waals surface area (Å²) in [6.07, 6.45) is 11.7. The second-order valence-corrected chi connectivity index (χ2v) is 8.36. The lowest BCUT2D eigenvalue weighted by Gasteiger charge is -2.44. The third kappa shape index (κ3) is 3.02. The Balaban J connectivity index is 1.51. The van der Waals surface area contributed by atoms with Crippen molar-refractivity contribution in [2.75, 3.05) is 46.8 Å². The summed E-state index contributed by atoms with van der Waals surface area (Å²) >= 11 is 0. The molecule has 0 aromatic heterocycles. The molecular formula is C20H32N4O. The molecule has 25 heavy (non-hydrogen) atoms. The summed E-state index contributed by atoms with van der Waals surface area (Å²) in [7, 11) is 3.73. The average Bonchev–Trinajstić information content (AvgIpc) is 2.97. The van der Waals surface area contributed by atoms with Gasteiger partial charge in [-0.25, -0.2) is 4.79 Å². The lowest BCUT2D eigenvalue weighted by molar-refractivity contribution is 0.0759. The van der Waals surface area contributed by atoms with E-state index in [1.807, 2.05) is 14.1 Å². The first-order chi connectivity index (χ1) is 12.1. The molecule has 1 aliphatic carbocycles. The number of urea groups is 1. The molecule has 4 aliphatic rings. The van der Waals surface area contributed by atoms with Crippen molar-refractivity contribution in [1.29, 1.82) is 0 Å². The van der Waals surface area contributed by atoms with Crippen molar-refractivity contribution < 1.29 is 4.79 Å². The van der Waals surface area contributed by atoms with Crippen LogP contribution in [0.25, 0.3) is 0 Å². The van der Waals surface area contributed by atoms with E-state index in [1.165, 1.54) is 50.0 Å². The maximum absolute atomic E-state index is 12.7. The van der Waals surface area contributed by atoms with Crippen LogP contribution >= 0.6 is 0 Å². The predicted molar refractivity (Wildman–Crippen MR) is 100 cm³/mol. The molecule has 0 unspecified atom stereocenters. The highest BCUT2D eigenvalue weighted by Crippen LogP contribution is 2.50. The van der Waals surface area contributed by atoms with Crippen LogP contribution in [-0.2, 0) is 0 Å². The summed E-state index contributed by atoms with van der Waals surface area (Å²) in [6.45, 7) is 5.57. The number of piperidine rings is 2. The maximum Gasteiger partial charge on any atom is 0.323 e. The molecule has 0 saturated carbocycles. The Bertz CT molecular complexity index is 581. The van der Waals surface area contributed by atoms with E-state index in [1.54, 1.807) is 4.90 Å². The Morgan fingerprint density at radius 2 is 1.96 bits per heavy atom. The van der Waals surface area contributed by atoms with E-state index in [-0.39, 0.29) is 11.4 Å². The van der Waals surface area contributed by atoms with Gasteiger partial charge in [0.2, 0.25) is 0 Å². The van der Waals surface area contributed by atoms with Crippen molar-refractivity contribution >= 4 is 6.03 Å². The molecule has 2 saturated heterocycles. The highest BCUT2D eigenvalue weighted by atomic mass is 16.2. The number of hydrogen-bond donors (Lipinski definition) is 1. The molecule has 0 aromatic rings. The second kappa shape index (κ2) is 6.76. The number of fused-ring (bicyclic) bond motifs is 1. The molecule has 3 aliphatic heterocycles. The van der Waals surface area contributed by atoms with Gasteiger partial charge < -0.3 is 15.1 Å². The fourth-order valence-corrected chi connectivity index (χ4v) is 5.24. The third-order valence-corrected chi connectivity index (χ3v) is 6.69. The number of carbonyl (C=O) groups is 1. The summed E-state index contributed by atoms with van der Waals surface area (Å²) in [5, 5.41) is 3.48. The predicted octanol–water partition coefficient (Wildman–Crippen LogP) is 2.42. The van der Waals surface area contributed by atoms with Crippen molar-refractivity contribution in [3.63, 3.8) is 0 Å². The Morgan fingerprint density at radius 1 is 1.24 bits per heavy atom. The van der Waals surface area contributed by atoms with E-state index in [0.717, 1.165) is 38.5 Å². The van der Waals surface area contributed by atoms with Gasteiger partial charge in [0.15, 0.2) is 0 Å². The number of rotatable bonds is 1. The molecule has 0 bridgehead atoms. The summed E-state index contributed by atoms with van der Waals surface area (Å²) in [5.41, 5.74) is 2.97. The smallest absolute Gasteiger partial charge is 0.323 e. The van der Waals surface area contributed by atoms with Crippen LogP contribution in [-0.4, -0.2) is 73.6 Å². The van der Waals surface area contributed by atoms with Crippen LogP contribution in [0.5, 0.6) is 0 Å². The van der Waals surface area contributed by atoms with Gasteiger partial charge in [0.1, 0.15) is 0 Å². The zero-order chi connectivity index (χ0) is 17.4.